The Bertz CT molecular complexity index is 2600. The molecule has 0 radical (unpaired) electrons. The summed E-state index contributed by atoms with van der Waals surface area (Å²) in [6.07, 6.45) is 9.22. The van der Waals surface area contributed by atoms with E-state index in [-0.39, 0.29) is 19.6 Å². The Morgan fingerprint density at radius 3 is 1.90 bits per heavy atom. The number of hydrogen-bond acceptors (Lipinski definition) is 12. The summed E-state index contributed by atoms with van der Waals surface area (Å²) < 4.78 is 25.3. The molecule has 326 valence electrons. The zero-order valence-electron chi connectivity index (χ0n) is 34.9. The topological polar surface area (TPSA) is 185 Å². The maximum atomic E-state index is 6.16. The molecule has 2 unspecified atom stereocenters. The average Bonchev–Trinajstić information content (AvgIpc) is 4.03. The number of H-pyrrole nitrogens is 1. The van der Waals surface area contributed by atoms with Crippen LogP contribution in [-0.2, 0) is 9.47 Å². The van der Waals surface area contributed by atoms with Crippen LogP contribution < -0.4 is 31.8 Å². The molecule has 14 nitrogen and oxygen atoms in total. The Morgan fingerprint density at radius 2 is 1.30 bits per heavy atom. The quantitative estimate of drug-likeness (QED) is 0.0545. The summed E-state index contributed by atoms with van der Waals surface area (Å²) in [5.41, 5.74) is 27.3. The summed E-state index contributed by atoms with van der Waals surface area (Å²) in [5.74, 6) is 2.25. The molecule has 0 bridgehead atoms. The molecule has 4 heterocycles. The fraction of sp³-hybridized carbons (Fsp3) is 0.174. The largest absolute Gasteiger partial charge is 0.467 e. The van der Waals surface area contributed by atoms with Gasteiger partial charge in [-0.1, -0.05) is 96.3 Å². The molecule has 7 aromatic rings. The number of anilines is 1. The number of alkyl halides is 1. The second kappa shape index (κ2) is 22.9. The van der Waals surface area contributed by atoms with Crippen molar-refractivity contribution in [2.45, 2.75) is 24.7 Å². The Balaban J connectivity index is 0.000000178. The van der Waals surface area contributed by atoms with E-state index in [4.69, 9.17) is 30.4 Å². The zero-order valence-corrected chi connectivity index (χ0v) is 39.7. The van der Waals surface area contributed by atoms with Gasteiger partial charge >= 0.3 is 0 Å². The number of para-hydroxylation sites is 2. The number of halogens is 3. The van der Waals surface area contributed by atoms with Gasteiger partial charge < -0.3 is 30.4 Å². The van der Waals surface area contributed by atoms with E-state index >= 15 is 0 Å². The molecule has 8 rings (SSSR count). The van der Waals surface area contributed by atoms with Crippen LogP contribution in [0.3, 0.4) is 0 Å². The number of nitrogen functional groups attached to an aromatic ring is 1. The van der Waals surface area contributed by atoms with Gasteiger partial charge in [-0.05, 0) is 85.6 Å². The molecular formula is C46H47Br3N10O4. The summed E-state index contributed by atoms with van der Waals surface area (Å²) >= 11 is 10.3. The van der Waals surface area contributed by atoms with Gasteiger partial charge in [0.1, 0.15) is 17.3 Å². The van der Waals surface area contributed by atoms with Crippen molar-refractivity contribution in [2.24, 2.45) is 5.73 Å². The number of hydrogen-bond donors (Lipinski definition) is 5. The third-order valence-electron chi connectivity index (χ3n) is 9.54. The molecule has 0 fully saturated rings. The SMILES string of the molecule is CC(Br)c1ccc(Br)cc1.COCOc1ccccc1-c1cc(-c2cnn(C(C)c3ccc(Br)cc3)c2)c(N)nn1.COCOc1ccccc1C1=CC(c2cn[nH]c2)=C(N)NN1. The van der Waals surface area contributed by atoms with Crippen molar-refractivity contribution >= 4 is 64.9 Å². The maximum Gasteiger partial charge on any atom is 0.188 e. The standard InChI is InChI=1S/C23H22BrN5O2.C15H17N5O2.C8H8Br2/c1-15(16-7-9-18(24)10-8-16)29-13-17(12-26-29)20-11-21(27-28-23(20)25)19-5-3-4-6-22(19)31-14-30-2;1-21-9-22-14-5-3-2-4-11(14)13-6-12(15(16)20-19-13)10-7-17-18-8-10;1-6(9)7-2-4-8(10)5-3-7/h3-13,15H,14H2,1-2H3,(H2,25,28);2-8,19-20H,9,16H2,1H3,(H,17,18);2-6H,1H3. The van der Waals surface area contributed by atoms with Crippen LogP contribution in [0.5, 0.6) is 11.5 Å². The molecule has 1 aliphatic rings. The van der Waals surface area contributed by atoms with Gasteiger partial charge in [-0.15, -0.1) is 10.2 Å². The summed E-state index contributed by atoms with van der Waals surface area (Å²) in [7, 11) is 3.17. The first kappa shape index (κ1) is 46.5. The molecule has 4 aromatic carbocycles. The van der Waals surface area contributed by atoms with Gasteiger partial charge in [0.15, 0.2) is 19.4 Å². The normalized spacial score (nSPS) is 12.9. The highest BCUT2D eigenvalue weighted by Gasteiger charge is 2.18. The molecule has 2 atom stereocenters. The van der Waals surface area contributed by atoms with E-state index < -0.39 is 0 Å². The molecule has 7 N–H and O–H groups in total. The first-order chi connectivity index (χ1) is 30.6. The van der Waals surface area contributed by atoms with Gasteiger partial charge in [0, 0.05) is 73.8 Å². The van der Waals surface area contributed by atoms with Crippen molar-refractivity contribution in [2.75, 3.05) is 33.5 Å². The minimum atomic E-state index is 0.0699. The third-order valence-corrected chi connectivity index (χ3v) is 11.1. The molecule has 3 aromatic heterocycles. The van der Waals surface area contributed by atoms with E-state index in [0.717, 1.165) is 59.3 Å². The predicted octanol–water partition coefficient (Wildman–Crippen LogP) is 10.0. The summed E-state index contributed by atoms with van der Waals surface area (Å²) in [4.78, 5) is 0.445. The first-order valence-corrected chi connectivity index (χ1v) is 22.0. The number of nitrogens with two attached hydrogens (primary N) is 2. The first-order valence-electron chi connectivity index (χ1n) is 19.5. The fourth-order valence-corrected chi connectivity index (χ4v) is 7.02. The Kier molecular flexibility index (Phi) is 16.9. The van der Waals surface area contributed by atoms with E-state index in [1.807, 2.05) is 95.8 Å². The number of methoxy groups -OCH3 is 2. The van der Waals surface area contributed by atoms with E-state index in [2.05, 4.69) is 122 Å². The number of aromatic amines is 1. The van der Waals surface area contributed by atoms with Crippen LogP contribution >= 0.6 is 47.8 Å². The Labute approximate surface area is 391 Å². The van der Waals surface area contributed by atoms with Crippen molar-refractivity contribution in [3.05, 3.63) is 171 Å². The lowest BCUT2D eigenvalue weighted by Gasteiger charge is -2.22. The fourth-order valence-electron chi connectivity index (χ4n) is 6.18. The number of hydrazine groups is 1. The van der Waals surface area contributed by atoms with Gasteiger partial charge in [0.05, 0.1) is 29.8 Å². The minimum Gasteiger partial charge on any atom is -0.467 e. The van der Waals surface area contributed by atoms with Crippen LogP contribution in [0.1, 0.15) is 47.0 Å². The van der Waals surface area contributed by atoms with Gasteiger partial charge in [0.2, 0.25) is 0 Å². The second-order valence-electron chi connectivity index (χ2n) is 13.8. The van der Waals surface area contributed by atoms with Crippen molar-refractivity contribution in [3.8, 4) is 33.9 Å². The molecule has 0 spiro atoms. The van der Waals surface area contributed by atoms with Gasteiger partial charge in [-0.25, -0.2) is 0 Å². The average molecular weight is 1040 g/mol. The van der Waals surface area contributed by atoms with Crippen molar-refractivity contribution < 1.29 is 18.9 Å². The highest BCUT2D eigenvalue weighted by atomic mass is 79.9. The van der Waals surface area contributed by atoms with Crippen LogP contribution in [0.15, 0.2) is 149 Å². The molecule has 17 heteroatoms. The smallest absolute Gasteiger partial charge is 0.188 e. The molecule has 0 saturated carbocycles. The molecule has 0 saturated heterocycles. The number of aromatic nitrogens is 6. The van der Waals surface area contributed by atoms with Crippen LogP contribution in [0.25, 0.3) is 33.7 Å². The van der Waals surface area contributed by atoms with Gasteiger partial charge in [-0.2, -0.15) is 10.2 Å². The Morgan fingerprint density at radius 1 is 0.698 bits per heavy atom. The Hall–Kier alpha value is -5.98. The number of ether oxygens (including phenoxy) is 4. The van der Waals surface area contributed by atoms with Crippen molar-refractivity contribution in [3.63, 3.8) is 0 Å². The number of nitrogens with zero attached hydrogens (tertiary/aromatic N) is 5. The predicted molar refractivity (Wildman–Crippen MR) is 258 cm³/mol. The zero-order chi connectivity index (χ0) is 44.7. The van der Waals surface area contributed by atoms with Crippen LogP contribution in [-0.4, -0.2) is 58.0 Å². The lowest BCUT2D eigenvalue weighted by molar-refractivity contribution is 0.0508. The molecule has 0 amide bonds. The summed E-state index contributed by atoms with van der Waals surface area (Å²) in [6.45, 7) is 4.55. The van der Waals surface area contributed by atoms with Gasteiger partial charge in [0.25, 0.3) is 0 Å². The summed E-state index contributed by atoms with van der Waals surface area (Å²) in [6, 6.07) is 33.8. The molecule has 0 aliphatic carbocycles. The number of rotatable bonds is 13. The van der Waals surface area contributed by atoms with Crippen LogP contribution in [0, 0.1) is 0 Å². The highest BCUT2D eigenvalue weighted by Crippen LogP contribution is 2.34. The minimum absolute atomic E-state index is 0.0699. The molecular weight excluding hydrogens is 996 g/mol. The van der Waals surface area contributed by atoms with Crippen molar-refractivity contribution in [1.29, 1.82) is 0 Å². The molecule has 63 heavy (non-hydrogen) atoms. The van der Waals surface area contributed by atoms with E-state index in [1.54, 1.807) is 32.8 Å². The highest BCUT2D eigenvalue weighted by molar-refractivity contribution is 9.10. The van der Waals surface area contributed by atoms with Gasteiger partial charge in [-0.3, -0.25) is 20.6 Å². The van der Waals surface area contributed by atoms with Crippen LogP contribution in [0.2, 0.25) is 0 Å². The lowest BCUT2D eigenvalue weighted by Crippen LogP contribution is -2.36. The number of benzene rings is 4. The van der Waals surface area contributed by atoms with E-state index in [0.29, 0.717) is 27.9 Å². The lowest BCUT2D eigenvalue weighted by atomic mass is 10.0. The number of allylic oxidation sites excluding steroid dienone is 2. The van der Waals surface area contributed by atoms with Crippen molar-refractivity contribution in [1.82, 2.24) is 41.0 Å². The summed E-state index contributed by atoms with van der Waals surface area (Å²) in [5, 5.41) is 19.7. The second-order valence-corrected chi connectivity index (χ2v) is 17.1. The monoisotopic (exact) mass is 1040 g/mol. The number of nitrogens with one attached hydrogen (secondary N) is 3. The van der Waals surface area contributed by atoms with Crippen LogP contribution in [0.4, 0.5) is 5.82 Å². The van der Waals surface area contributed by atoms with E-state index in [9.17, 15) is 0 Å². The maximum absolute atomic E-state index is 6.16. The molecule has 1 aliphatic heterocycles. The third kappa shape index (κ3) is 12.6. The van der Waals surface area contributed by atoms with E-state index in [1.165, 1.54) is 5.56 Å².